The molecule has 0 fully saturated rings. The van der Waals surface area contributed by atoms with E-state index in [0.717, 1.165) is 39.8 Å². The predicted molar refractivity (Wildman–Crippen MR) is 159 cm³/mol. The van der Waals surface area contributed by atoms with Gasteiger partial charge in [0.1, 0.15) is 0 Å². The van der Waals surface area contributed by atoms with Crippen LogP contribution in [-0.2, 0) is 19.2 Å². The Labute approximate surface area is 236 Å². The van der Waals surface area contributed by atoms with Gasteiger partial charge < -0.3 is 21.1 Å². The lowest BCUT2D eigenvalue weighted by atomic mass is 10.2. The van der Waals surface area contributed by atoms with E-state index in [1.165, 1.54) is 12.2 Å². The van der Waals surface area contributed by atoms with Crippen molar-refractivity contribution in [2.75, 3.05) is 20.9 Å². The summed E-state index contributed by atoms with van der Waals surface area (Å²) in [4.78, 5) is 46.0. The van der Waals surface area contributed by atoms with Gasteiger partial charge in [-0.2, -0.15) is 0 Å². The van der Waals surface area contributed by atoms with Gasteiger partial charge in [0.05, 0.1) is 5.69 Å². The van der Waals surface area contributed by atoms with Crippen molar-refractivity contribution in [1.82, 2.24) is 0 Å². The van der Waals surface area contributed by atoms with E-state index in [1.54, 1.807) is 24.3 Å². The molecule has 1 heterocycles. The number of carboxylic acid groups (broad SMARTS) is 1. The Hall–Kier alpha value is -5.96. The summed E-state index contributed by atoms with van der Waals surface area (Å²) >= 11 is 0. The molecule has 5 rings (SSSR count). The first-order valence-corrected chi connectivity index (χ1v) is 12.5. The van der Waals surface area contributed by atoms with Crippen molar-refractivity contribution in [3.8, 4) is 0 Å². The number of hydrogen-bond donors (Lipinski definition) is 4. The first-order chi connectivity index (χ1) is 19.9. The zero-order valence-electron chi connectivity index (χ0n) is 21.7. The average molecular weight is 547 g/mol. The van der Waals surface area contributed by atoms with Gasteiger partial charge in [-0.3, -0.25) is 14.4 Å². The van der Waals surface area contributed by atoms with Crippen molar-refractivity contribution >= 4 is 57.8 Å². The van der Waals surface area contributed by atoms with Crippen LogP contribution in [0.1, 0.15) is 0 Å². The third kappa shape index (κ3) is 8.52. The molecule has 0 aromatic heterocycles. The Morgan fingerprint density at radius 3 is 1.44 bits per heavy atom. The minimum Gasteiger partial charge on any atom is -0.478 e. The second-order valence-corrected chi connectivity index (χ2v) is 8.61. The van der Waals surface area contributed by atoms with Gasteiger partial charge in [0, 0.05) is 52.7 Å². The standard InChI is InChI=1S/C16H14N2O3.C16H12N2O2/c19-15(10-11-16(20)21)18-14-8-6-13(7-9-14)17-12-4-2-1-3-5-12;19-15-10-11-16(20)18(15)14-8-6-13(7-9-14)17-12-4-2-1-3-5-12/h1-11,17H,(H,18,19)(H,20,21);1-11,17H. The van der Waals surface area contributed by atoms with E-state index in [1.807, 2.05) is 84.9 Å². The first kappa shape index (κ1) is 28.1. The van der Waals surface area contributed by atoms with Gasteiger partial charge in [0.25, 0.3) is 11.8 Å². The van der Waals surface area contributed by atoms with Crippen molar-refractivity contribution in [3.05, 3.63) is 133 Å². The van der Waals surface area contributed by atoms with Crippen LogP contribution in [0.2, 0.25) is 0 Å². The van der Waals surface area contributed by atoms with E-state index in [2.05, 4.69) is 16.0 Å². The van der Waals surface area contributed by atoms with Crippen LogP contribution >= 0.6 is 0 Å². The molecule has 0 unspecified atom stereocenters. The quantitative estimate of drug-likeness (QED) is 0.161. The number of nitrogens with one attached hydrogen (secondary N) is 3. The van der Waals surface area contributed by atoms with Crippen LogP contribution in [0.5, 0.6) is 0 Å². The van der Waals surface area contributed by atoms with Gasteiger partial charge in [-0.05, 0) is 72.8 Å². The summed E-state index contributed by atoms with van der Waals surface area (Å²) in [6.07, 6.45) is 4.32. The van der Waals surface area contributed by atoms with Crippen LogP contribution in [0.4, 0.5) is 34.1 Å². The number of carbonyl (C=O) groups excluding carboxylic acids is 3. The molecule has 9 nitrogen and oxygen atoms in total. The van der Waals surface area contributed by atoms with Gasteiger partial charge in [-0.15, -0.1) is 0 Å². The molecule has 41 heavy (non-hydrogen) atoms. The zero-order valence-corrected chi connectivity index (χ0v) is 21.7. The summed E-state index contributed by atoms with van der Waals surface area (Å²) in [6, 6.07) is 33.8. The molecule has 0 aliphatic carbocycles. The van der Waals surface area contributed by atoms with Crippen LogP contribution in [0, 0.1) is 0 Å². The summed E-state index contributed by atoms with van der Waals surface area (Å²) < 4.78 is 0. The van der Waals surface area contributed by atoms with E-state index >= 15 is 0 Å². The molecule has 0 spiro atoms. The molecule has 0 saturated heterocycles. The maximum atomic E-state index is 11.6. The molecule has 0 bridgehead atoms. The average Bonchev–Trinajstić information content (AvgIpc) is 3.32. The second kappa shape index (κ2) is 13.7. The highest BCUT2D eigenvalue weighted by Crippen LogP contribution is 2.23. The summed E-state index contributed by atoms with van der Waals surface area (Å²) in [5, 5.41) is 17.5. The smallest absolute Gasteiger partial charge is 0.328 e. The van der Waals surface area contributed by atoms with Crippen molar-refractivity contribution in [2.45, 2.75) is 0 Å². The highest BCUT2D eigenvalue weighted by Gasteiger charge is 2.24. The molecule has 0 radical (unpaired) electrons. The summed E-state index contributed by atoms with van der Waals surface area (Å²) in [6.45, 7) is 0. The second-order valence-electron chi connectivity index (χ2n) is 8.61. The highest BCUT2D eigenvalue weighted by molar-refractivity contribution is 6.28. The number of nitrogens with zero attached hydrogens (tertiary/aromatic N) is 1. The van der Waals surface area contributed by atoms with Crippen LogP contribution < -0.4 is 20.9 Å². The molecule has 4 aromatic carbocycles. The van der Waals surface area contributed by atoms with E-state index in [-0.39, 0.29) is 11.8 Å². The van der Waals surface area contributed by atoms with Crippen molar-refractivity contribution < 1.29 is 24.3 Å². The number of imide groups is 1. The lowest BCUT2D eigenvalue weighted by Gasteiger charge is -2.14. The summed E-state index contributed by atoms with van der Waals surface area (Å²) in [5.41, 5.74) is 4.90. The number of benzene rings is 4. The van der Waals surface area contributed by atoms with Crippen LogP contribution in [0.25, 0.3) is 0 Å². The Balaban J connectivity index is 0.000000189. The highest BCUT2D eigenvalue weighted by atomic mass is 16.4. The number of amides is 3. The SMILES string of the molecule is O=C(O)C=CC(=O)Nc1ccc(Nc2ccccc2)cc1.O=C1C=CC(=O)N1c1ccc(Nc2ccccc2)cc1. The minimum absolute atomic E-state index is 0.307. The topological polar surface area (TPSA) is 128 Å². The van der Waals surface area contributed by atoms with Crippen molar-refractivity contribution in [3.63, 3.8) is 0 Å². The normalized spacial score (nSPS) is 12.0. The van der Waals surface area contributed by atoms with E-state index in [0.29, 0.717) is 11.4 Å². The summed E-state index contributed by atoms with van der Waals surface area (Å²) in [5.74, 6) is -2.26. The molecule has 1 aliphatic heterocycles. The van der Waals surface area contributed by atoms with Crippen LogP contribution in [-0.4, -0.2) is 28.8 Å². The number of para-hydroxylation sites is 2. The fraction of sp³-hybridized carbons (Fsp3) is 0. The number of carbonyl (C=O) groups is 4. The molecule has 3 amide bonds. The third-order valence-electron chi connectivity index (χ3n) is 5.59. The number of anilines is 6. The Morgan fingerprint density at radius 2 is 0.976 bits per heavy atom. The predicted octanol–water partition coefficient (Wildman–Crippen LogP) is 5.87. The fourth-order valence-electron chi connectivity index (χ4n) is 3.69. The molecule has 1 aliphatic rings. The van der Waals surface area contributed by atoms with Gasteiger partial charge >= 0.3 is 5.97 Å². The first-order valence-electron chi connectivity index (χ1n) is 12.5. The molecule has 4 N–H and O–H groups in total. The van der Waals surface area contributed by atoms with Crippen molar-refractivity contribution in [2.24, 2.45) is 0 Å². The molecular weight excluding hydrogens is 520 g/mol. The molecular formula is C32H26N4O5. The number of aliphatic carboxylic acids is 1. The molecule has 0 atom stereocenters. The Kier molecular flexibility index (Phi) is 9.39. The Bertz CT molecular complexity index is 1550. The molecule has 0 saturated carbocycles. The molecule has 4 aromatic rings. The molecule has 9 heteroatoms. The summed E-state index contributed by atoms with van der Waals surface area (Å²) in [7, 11) is 0. The largest absolute Gasteiger partial charge is 0.478 e. The lowest BCUT2D eigenvalue weighted by molar-refractivity contribution is -0.131. The van der Waals surface area contributed by atoms with Crippen LogP contribution in [0.15, 0.2) is 133 Å². The maximum Gasteiger partial charge on any atom is 0.328 e. The van der Waals surface area contributed by atoms with E-state index in [4.69, 9.17) is 5.11 Å². The van der Waals surface area contributed by atoms with Crippen LogP contribution in [0.3, 0.4) is 0 Å². The minimum atomic E-state index is -1.16. The monoisotopic (exact) mass is 546 g/mol. The van der Waals surface area contributed by atoms with Gasteiger partial charge in [0.2, 0.25) is 5.91 Å². The Morgan fingerprint density at radius 1 is 0.561 bits per heavy atom. The lowest BCUT2D eigenvalue weighted by Crippen LogP contribution is -2.29. The van der Waals surface area contributed by atoms with Gasteiger partial charge in [0.15, 0.2) is 0 Å². The van der Waals surface area contributed by atoms with E-state index < -0.39 is 11.9 Å². The van der Waals surface area contributed by atoms with E-state index in [9.17, 15) is 19.2 Å². The fourth-order valence-corrected chi connectivity index (χ4v) is 3.69. The number of rotatable bonds is 8. The van der Waals surface area contributed by atoms with Gasteiger partial charge in [-0.1, -0.05) is 36.4 Å². The van der Waals surface area contributed by atoms with Gasteiger partial charge in [-0.25, -0.2) is 9.69 Å². The van der Waals surface area contributed by atoms with Crippen molar-refractivity contribution in [1.29, 1.82) is 0 Å². The molecule has 204 valence electrons. The third-order valence-corrected chi connectivity index (χ3v) is 5.59. The number of carboxylic acids is 1. The maximum absolute atomic E-state index is 11.6. The number of hydrogen-bond acceptors (Lipinski definition) is 6. The zero-order chi connectivity index (χ0) is 29.0.